The Hall–Kier alpha value is -6.90. The SMILES string of the molecule is c1ccc(-c2c(-c3ccccc3)n(-c3ccc4cc(-n5c(-c6ccccc6)c(-c6ccccc6)c6ccccc65)ccc4c3)c3ccccc23)cc1. The molecule has 2 aromatic heterocycles. The van der Waals surface area contributed by atoms with Crippen LogP contribution in [0.4, 0.5) is 0 Å². The van der Waals surface area contributed by atoms with Crippen LogP contribution in [0.5, 0.6) is 0 Å². The molecule has 0 fully saturated rings. The van der Waals surface area contributed by atoms with Gasteiger partial charge in [0.1, 0.15) is 0 Å². The summed E-state index contributed by atoms with van der Waals surface area (Å²) in [5, 5.41) is 4.87. The first kappa shape index (κ1) is 30.0. The van der Waals surface area contributed by atoms with Gasteiger partial charge in [0.25, 0.3) is 0 Å². The lowest BCUT2D eigenvalue weighted by Gasteiger charge is -2.16. The van der Waals surface area contributed by atoms with Crippen molar-refractivity contribution in [2.24, 2.45) is 0 Å². The molecule has 0 saturated heterocycles. The van der Waals surface area contributed by atoms with Gasteiger partial charge in [-0.05, 0) is 69.4 Å². The molecular weight excluding hydrogens is 629 g/mol. The Morgan fingerprint density at radius 1 is 0.269 bits per heavy atom. The van der Waals surface area contributed by atoms with Crippen LogP contribution in [0.25, 0.3) is 88.7 Å². The summed E-state index contributed by atoms with van der Waals surface area (Å²) in [5.41, 5.74) is 14.4. The van der Waals surface area contributed by atoms with E-state index in [-0.39, 0.29) is 0 Å². The minimum Gasteiger partial charge on any atom is -0.309 e. The molecule has 2 nitrogen and oxygen atoms in total. The van der Waals surface area contributed by atoms with Gasteiger partial charge in [-0.2, -0.15) is 0 Å². The van der Waals surface area contributed by atoms with Crippen LogP contribution >= 0.6 is 0 Å². The molecule has 10 aromatic rings. The first-order valence-corrected chi connectivity index (χ1v) is 17.9. The van der Waals surface area contributed by atoms with E-state index in [9.17, 15) is 0 Å². The molecule has 2 heteroatoms. The first-order chi connectivity index (χ1) is 25.8. The molecule has 0 spiro atoms. The Balaban J connectivity index is 1.19. The van der Waals surface area contributed by atoms with Crippen LogP contribution in [0.3, 0.4) is 0 Å². The van der Waals surface area contributed by atoms with E-state index in [1.54, 1.807) is 0 Å². The molecule has 0 saturated carbocycles. The van der Waals surface area contributed by atoms with E-state index >= 15 is 0 Å². The topological polar surface area (TPSA) is 9.86 Å². The van der Waals surface area contributed by atoms with Crippen LogP contribution in [-0.4, -0.2) is 9.13 Å². The molecule has 2 heterocycles. The first-order valence-electron chi connectivity index (χ1n) is 17.9. The van der Waals surface area contributed by atoms with Crippen molar-refractivity contribution in [3.63, 3.8) is 0 Å². The molecule has 0 atom stereocenters. The van der Waals surface area contributed by atoms with Gasteiger partial charge < -0.3 is 9.13 Å². The molecular formula is C50H34N2. The molecule has 10 rings (SSSR count). The van der Waals surface area contributed by atoms with Gasteiger partial charge in [-0.1, -0.05) is 170 Å². The number of benzene rings is 8. The van der Waals surface area contributed by atoms with Gasteiger partial charge in [0, 0.05) is 33.3 Å². The highest BCUT2D eigenvalue weighted by Gasteiger charge is 2.23. The third-order valence-corrected chi connectivity index (χ3v) is 10.3. The standard InChI is InChI=1S/C50H34N2/c1-5-17-35(18-6-1)47-43-25-13-15-27-45(43)51(49(47)37-21-9-3-10-22-37)41-31-29-40-34-42(32-30-39(40)33-41)52-46-28-16-14-26-44(46)48(36-19-7-2-8-20-36)50(52)38-23-11-4-12-24-38/h1-34H. The number of para-hydroxylation sites is 2. The number of hydrogen-bond acceptors (Lipinski definition) is 0. The van der Waals surface area contributed by atoms with Gasteiger partial charge in [0.2, 0.25) is 0 Å². The predicted molar refractivity (Wildman–Crippen MR) is 219 cm³/mol. The number of hydrogen-bond donors (Lipinski definition) is 0. The number of nitrogens with zero attached hydrogens (tertiary/aromatic N) is 2. The van der Waals surface area contributed by atoms with Crippen LogP contribution < -0.4 is 0 Å². The van der Waals surface area contributed by atoms with Crippen LogP contribution in [-0.2, 0) is 0 Å². The molecule has 0 bridgehead atoms. The second-order valence-electron chi connectivity index (χ2n) is 13.3. The van der Waals surface area contributed by atoms with Crippen molar-refractivity contribution in [3.05, 3.63) is 206 Å². The lowest BCUT2D eigenvalue weighted by molar-refractivity contribution is 1.13. The van der Waals surface area contributed by atoms with Gasteiger partial charge in [-0.3, -0.25) is 0 Å². The Bertz CT molecular complexity index is 2660. The van der Waals surface area contributed by atoms with Gasteiger partial charge in [0.05, 0.1) is 22.4 Å². The summed E-state index contributed by atoms with van der Waals surface area (Å²) in [7, 11) is 0. The fourth-order valence-corrected chi connectivity index (χ4v) is 8.05. The third-order valence-electron chi connectivity index (χ3n) is 10.3. The van der Waals surface area contributed by atoms with Crippen LogP contribution in [0.1, 0.15) is 0 Å². The van der Waals surface area contributed by atoms with Crippen molar-refractivity contribution < 1.29 is 0 Å². The monoisotopic (exact) mass is 662 g/mol. The number of rotatable bonds is 6. The molecule has 0 unspecified atom stereocenters. The lowest BCUT2D eigenvalue weighted by Crippen LogP contribution is -1.99. The molecule has 52 heavy (non-hydrogen) atoms. The van der Waals surface area contributed by atoms with E-state index in [1.165, 1.54) is 77.3 Å². The zero-order valence-corrected chi connectivity index (χ0v) is 28.5. The highest BCUT2D eigenvalue weighted by Crippen LogP contribution is 2.45. The van der Waals surface area contributed by atoms with Crippen LogP contribution in [0.15, 0.2) is 206 Å². The molecule has 0 aliphatic heterocycles. The smallest absolute Gasteiger partial charge is 0.0619 e. The lowest BCUT2D eigenvalue weighted by atomic mass is 9.98. The molecule has 0 radical (unpaired) electrons. The van der Waals surface area contributed by atoms with E-state index in [0.29, 0.717) is 0 Å². The summed E-state index contributed by atoms with van der Waals surface area (Å²) in [6.45, 7) is 0. The molecule has 244 valence electrons. The zero-order chi connectivity index (χ0) is 34.4. The Labute approximate surface area is 303 Å². The predicted octanol–water partition coefficient (Wildman–Crippen LogP) is 13.4. The maximum absolute atomic E-state index is 2.44. The van der Waals surface area contributed by atoms with E-state index < -0.39 is 0 Å². The normalized spacial score (nSPS) is 11.5. The average molecular weight is 663 g/mol. The summed E-state index contributed by atoms with van der Waals surface area (Å²) in [6, 6.07) is 74.5. The van der Waals surface area contributed by atoms with Crippen molar-refractivity contribution in [3.8, 4) is 56.1 Å². The van der Waals surface area contributed by atoms with Crippen LogP contribution in [0.2, 0.25) is 0 Å². The summed E-state index contributed by atoms with van der Waals surface area (Å²) >= 11 is 0. The molecule has 0 N–H and O–H groups in total. The van der Waals surface area contributed by atoms with E-state index in [4.69, 9.17) is 0 Å². The second-order valence-corrected chi connectivity index (χ2v) is 13.3. The van der Waals surface area contributed by atoms with Gasteiger partial charge in [-0.15, -0.1) is 0 Å². The quantitative estimate of drug-likeness (QED) is 0.168. The summed E-state index contributed by atoms with van der Waals surface area (Å²) < 4.78 is 4.89. The average Bonchev–Trinajstić information content (AvgIpc) is 3.76. The van der Waals surface area contributed by atoms with Crippen LogP contribution in [0, 0.1) is 0 Å². The zero-order valence-electron chi connectivity index (χ0n) is 28.5. The largest absolute Gasteiger partial charge is 0.309 e. The summed E-state index contributed by atoms with van der Waals surface area (Å²) in [5.74, 6) is 0. The minimum atomic E-state index is 1.14. The number of aromatic nitrogens is 2. The Morgan fingerprint density at radius 3 is 0.981 bits per heavy atom. The highest BCUT2D eigenvalue weighted by atomic mass is 15.0. The second kappa shape index (κ2) is 12.5. The fraction of sp³-hybridized carbons (Fsp3) is 0. The Kier molecular flexibility index (Phi) is 7.18. The van der Waals surface area contributed by atoms with E-state index in [0.717, 1.165) is 11.4 Å². The minimum absolute atomic E-state index is 1.14. The van der Waals surface area contributed by atoms with Crippen molar-refractivity contribution in [2.75, 3.05) is 0 Å². The summed E-state index contributed by atoms with van der Waals surface area (Å²) in [6.07, 6.45) is 0. The summed E-state index contributed by atoms with van der Waals surface area (Å²) in [4.78, 5) is 0. The highest BCUT2D eigenvalue weighted by molar-refractivity contribution is 6.07. The molecule has 8 aromatic carbocycles. The Morgan fingerprint density at radius 2 is 0.596 bits per heavy atom. The van der Waals surface area contributed by atoms with E-state index in [2.05, 4.69) is 215 Å². The molecule has 0 amide bonds. The maximum atomic E-state index is 2.44. The third kappa shape index (κ3) is 4.88. The van der Waals surface area contributed by atoms with Gasteiger partial charge >= 0.3 is 0 Å². The van der Waals surface area contributed by atoms with Crippen molar-refractivity contribution in [1.29, 1.82) is 0 Å². The van der Waals surface area contributed by atoms with E-state index in [1.807, 2.05) is 0 Å². The fourth-order valence-electron chi connectivity index (χ4n) is 8.05. The van der Waals surface area contributed by atoms with Gasteiger partial charge in [-0.25, -0.2) is 0 Å². The van der Waals surface area contributed by atoms with Crippen molar-refractivity contribution in [1.82, 2.24) is 9.13 Å². The molecule has 0 aliphatic rings. The molecule has 0 aliphatic carbocycles. The van der Waals surface area contributed by atoms with Crippen molar-refractivity contribution >= 4 is 32.6 Å². The maximum Gasteiger partial charge on any atom is 0.0619 e. The van der Waals surface area contributed by atoms with Crippen molar-refractivity contribution in [2.45, 2.75) is 0 Å². The number of fused-ring (bicyclic) bond motifs is 3. The van der Waals surface area contributed by atoms with Gasteiger partial charge in [0.15, 0.2) is 0 Å².